The maximum absolute atomic E-state index is 4.34. The van der Waals surface area contributed by atoms with Gasteiger partial charge >= 0.3 is 0 Å². The number of thioether (sulfide) groups is 1. The highest BCUT2D eigenvalue weighted by atomic mass is 32.2. The van der Waals surface area contributed by atoms with Gasteiger partial charge < -0.3 is 4.98 Å². The van der Waals surface area contributed by atoms with Crippen LogP contribution >= 0.6 is 11.8 Å². The second-order valence-electron chi connectivity index (χ2n) is 3.97. The second kappa shape index (κ2) is 5.67. The van der Waals surface area contributed by atoms with Gasteiger partial charge in [-0.3, -0.25) is 0 Å². The number of aromatic nitrogens is 4. The first-order valence-electron chi connectivity index (χ1n) is 5.90. The van der Waals surface area contributed by atoms with Crippen molar-refractivity contribution in [2.75, 3.05) is 0 Å². The highest BCUT2D eigenvalue weighted by Gasteiger charge is 2.03. The van der Waals surface area contributed by atoms with Crippen molar-refractivity contribution >= 4 is 11.8 Å². The van der Waals surface area contributed by atoms with E-state index in [1.165, 1.54) is 5.56 Å². The maximum Gasteiger partial charge on any atom is 0.187 e. The minimum Gasteiger partial charge on any atom is -0.345 e. The summed E-state index contributed by atoms with van der Waals surface area (Å²) in [6, 6.07) is 10.3. The van der Waals surface area contributed by atoms with Gasteiger partial charge in [0.1, 0.15) is 5.82 Å². The Labute approximate surface area is 115 Å². The summed E-state index contributed by atoms with van der Waals surface area (Å²) in [6.45, 7) is 0. The van der Waals surface area contributed by atoms with Crippen molar-refractivity contribution in [2.24, 2.45) is 0 Å². The molecule has 0 unspecified atom stereocenters. The fourth-order valence-electron chi connectivity index (χ4n) is 1.66. The molecular formula is C14H12N4S. The van der Waals surface area contributed by atoms with E-state index in [1.807, 2.05) is 18.2 Å². The number of H-pyrrole nitrogens is 1. The molecule has 0 aliphatic rings. The zero-order valence-corrected chi connectivity index (χ0v) is 11.0. The lowest BCUT2D eigenvalue weighted by Gasteiger charge is -2.01. The summed E-state index contributed by atoms with van der Waals surface area (Å²) in [6.07, 6.45) is 7.08. The monoisotopic (exact) mass is 268 g/mol. The van der Waals surface area contributed by atoms with Gasteiger partial charge in [-0.05, 0) is 5.56 Å². The first-order chi connectivity index (χ1) is 9.42. The maximum atomic E-state index is 4.34. The molecule has 1 N–H and O–H groups in total. The lowest BCUT2D eigenvalue weighted by Crippen LogP contribution is -1.89. The number of imidazole rings is 1. The van der Waals surface area contributed by atoms with Crippen molar-refractivity contribution in [1.29, 1.82) is 0 Å². The fourth-order valence-corrected chi connectivity index (χ4v) is 2.40. The van der Waals surface area contributed by atoms with Crippen LogP contribution in [-0.4, -0.2) is 19.9 Å². The van der Waals surface area contributed by atoms with E-state index >= 15 is 0 Å². The number of nitrogens with zero attached hydrogens (tertiary/aromatic N) is 3. The van der Waals surface area contributed by atoms with Gasteiger partial charge in [0.2, 0.25) is 0 Å². The summed E-state index contributed by atoms with van der Waals surface area (Å²) < 4.78 is 0. The van der Waals surface area contributed by atoms with E-state index in [-0.39, 0.29) is 0 Å². The molecule has 2 aromatic heterocycles. The minimum absolute atomic E-state index is 0.777. The smallest absolute Gasteiger partial charge is 0.187 e. The quantitative estimate of drug-likeness (QED) is 0.583. The van der Waals surface area contributed by atoms with Crippen LogP contribution in [0.1, 0.15) is 5.56 Å². The van der Waals surface area contributed by atoms with Gasteiger partial charge in [0, 0.05) is 30.5 Å². The molecule has 0 amide bonds. The molecule has 3 rings (SSSR count). The Hall–Kier alpha value is -2.14. The standard InChI is InChI=1S/C14H12N4S/c1-2-4-11(5-3-1)10-19-14-17-8-12(9-18-14)13-15-6-7-16-13/h1-9H,10H2,(H,15,16). The predicted octanol–water partition coefficient (Wildman–Crippen LogP) is 3.16. The van der Waals surface area contributed by atoms with Crippen LogP contribution in [0.4, 0.5) is 0 Å². The van der Waals surface area contributed by atoms with Gasteiger partial charge in [-0.25, -0.2) is 15.0 Å². The van der Waals surface area contributed by atoms with Gasteiger partial charge in [0.25, 0.3) is 0 Å². The van der Waals surface area contributed by atoms with Crippen LogP contribution in [0.25, 0.3) is 11.4 Å². The first-order valence-corrected chi connectivity index (χ1v) is 6.89. The summed E-state index contributed by atoms with van der Waals surface area (Å²) >= 11 is 1.63. The summed E-state index contributed by atoms with van der Waals surface area (Å²) in [5.74, 6) is 1.67. The van der Waals surface area contributed by atoms with Crippen LogP contribution in [0, 0.1) is 0 Å². The van der Waals surface area contributed by atoms with Gasteiger partial charge in [-0.2, -0.15) is 0 Å². The van der Waals surface area contributed by atoms with E-state index in [1.54, 1.807) is 36.5 Å². The SMILES string of the molecule is c1ccc(CSc2ncc(-c3ncc[nH]3)cn2)cc1. The van der Waals surface area contributed by atoms with Crippen LogP contribution in [0.5, 0.6) is 0 Å². The molecular weight excluding hydrogens is 256 g/mol. The molecule has 0 radical (unpaired) electrons. The Kier molecular flexibility index (Phi) is 3.56. The number of hydrogen-bond donors (Lipinski definition) is 1. The predicted molar refractivity (Wildman–Crippen MR) is 75.6 cm³/mol. The zero-order chi connectivity index (χ0) is 12.9. The lowest BCUT2D eigenvalue weighted by atomic mass is 10.2. The molecule has 0 aliphatic carbocycles. The van der Waals surface area contributed by atoms with Crippen LogP contribution < -0.4 is 0 Å². The van der Waals surface area contributed by atoms with Gasteiger partial charge in [0.15, 0.2) is 5.16 Å². The molecule has 4 nitrogen and oxygen atoms in total. The van der Waals surface area contributed by atoms with Crippen molar-refractivity contribution in [1.82, 2.24) is 19.9 Å². The molecule has 0 aliphatic heterocycles. The average molecular weight is 268 g/mol. The lowest BCUT2D eigenvalue weighted by molar-refractivity contribution is 0.965. The molecule has 0 bridgehead atoms. The Morgan fingerprint density at radius 3 is 2.47 bits per heavy atom. The molecule has 0 atom stereocenters. The molecule has 3 aromatic rings. The number of nitrogens with one attached hydrogen (secondary N) is 1. The Bertz CT molecular complexity index is 620. The summed E-state index contributed by atoms with van der Waals surface area (Å²) in [7, 11) is 0. The summed E-state index contributed by atoms with van der Waals surface area (Å²) in [4.78, 5) is 15.9. The Morgan fingerprint density at radius 2 is 1.79 bits per heavy atom. The highest BCUT2D eigenvalue weighted by molar-refractivity contribution is 7.98. The van der Waals surface area contributed by atoms with Crippen molar-refractivity contribution in [3.8, 4) is 11.4 Å². The Morgan fingerprint density at radius 1 is 1.00 bits per heavy atom. The molecule has 5 heteroatoms. The summed E-state index contributed by atoms with van der Waals surface area (Å²) in [5, 5.41) is 0.777. The first kappa shape index (κ1) is 11.9. The van der Waals surface area contributed by atoms with E-state index < -0.39 is 0 Å². The van der Waals surface area contributed by atoms with Gasteiger partial charge in [0.05, 0.1) is 5.56 Å². The van der Waals surface area contributed by atoms with E-state index in [0.717, 1.165) is 22.3 Å². The van der Waals surface area contributed by atoms with Crippen molar-refractivity contribution in [2.45, 2.75) is 10.9 Å². The van der Waals surface area contributed by atoms with Crippen molar-refractivity contribution in [3.63, 3.8) is 0 Å². The van der Waals surface area contributed by atoms with Crippen LogP contribution in [-0.2, 0) is 5.75 Å². The third kappa shape index (κ3) is 3.00. The van der Waals surface area contributed by atoms with E-state index in [0.29, 0.717) is 0 Å². The molecule has 0 saturated carbocycles. The van der Waals surface area contributed by atoms with Gasteiger partial charge in [-0.15, -0.1) is 0 Å². The van der Waals surface area contributed by atoms with E-state index in [9.17, 15) is 0 Å². The molecule has 0 spiro atoms. The number of hydrogen-bond acceptors (Lipinski definition) is 4. The van der Waals surface area contributed by atoms with Gasteiger partial charge in [-0.1, -0.05) is 42.1 Å². The molecule has 94 valence electrons. The topological polar surface area (TPSA) is 54.5 Å². The Balaban J connectivity index is 1.67. The molecule has 0 saturated heterocycles. The molecule has 2 heterocycles. The van der Waals surface area contributed by atoms with Crippen LogP contribution in [0.15, 0.2) is 60.3 Å². The van der Waals surface area contributed by atoms with Crippen molar-refractivity contribution < 1.29 is 0 Å². The third-order valence-electron chi connectivity index (χ3n) is 2.61. The largest absolute Gasteiger partial charge is 0.345 e. The molecule has 19 heavy (non-hydrogen) atoms. The fraction of sp³-hybridized carbons (Fsp3) is 0.0714. The number of aromatic amines is 1. The highest BCUT2D eigenvalue weighted by Crippen LogP contribution is 2.20. The summed E-state index contributed by atoms with van der Waals surface area (Å²) in [5.41, 5.74) is 2.17. The number of benzene rings is 1. The zero-order valence-electron chi connectivity index (χ0n) is 10.2. The minimum atomic E-state index is 0.777. The van der Waals surface area contributed by atoms with E-state index in [4.69, 9.17) is 0 Å². The third-order valence-corrected chi connectivity index (χ3v) is 3.56. The van der Waals surface area contributed by atoms with Crippen LogP contribution in [0.3, 0.4) is 0 Å². The molecule has 1 aromatic carbocycles. The second-order valence-corrected chi connectivity index (χ2v) is 4.91. The molecule has 0 fully saturated rings. The van der Waals surface area contributed by atoms with Crippen LogP contribution in [0.2, 0.25) is 0 Å². The normalized spacial score (nSPS) is 10.5. The van der Waals surface area contributed by atoms with Crippen molar-refractivity contribution in [3.05, 3.63) is 60.7 Å². The number of rotatable bonds is 4. The average Bonchev–Trinajstić information content (AvgIpc) is 3.01. The van der Waals surface area contributed by atoms with E-state index in [2.05, 4.69) is 32.1 Å².